The Morgan fingerprint density at radius 3 is 3.13 bits per heavy atom. The molecule has 0 aliphatic heterocycles. The van der Waals surface area contributed by atoms with Crippen LogP contribution in [-0.4, -0.2) is 27.7 Å². The van der Waals surface area contributed by atoms with Crippen molar-refractivity contribution in [3.8, 4) is 0 Å². The molecule has 2 rings (SSSR count). The Morgan fingerprint density at radius 1 is 1.60 bits per heavy atom. The molecule has 0 aliphatic carbocycles. The van der Waals surface area contributed by atoms with Gasteiger partial charge in [0.2, 0.25) is 11.5 Å². The molecule has 15 heavy (non-hydrogen) atoms. The van der Waals surface area contributed by atoms with Crippen LogP contribution in [0.2, 0.25) is 0 Å². The lowest BCUT2D eigenvalue weighted by molar-refractivity contribution is 0.449. The van der Waals surface area contributed by atoms with E-state index in [0.29, 0.717) is 18.1 Å². The molecular formula is C9H13N5O. The average molecular weight is 207 g/mol. The Morgan fingerprint density at radius 2 is 2.40 bits per heavy atom. The van der Waals surface area contributed by atoms with E-state index in [-0.39, 0.29) is 6.04 Å². The molecule has 0 fully saturated rings. The second kappa shape index (κ2) is 3.82. The molecule has 0 amide bonds. The van der Waals surface area contributed by atoms with Gasteiger partial charge in [-0.15, -0.1) is 0 Å². The van der Waals surface area contributed by atoms with Crippen molar-refractivity contribution in [1.82, 2.24) is 15.1 Å². The Balaban J connectivity index is 2.33. The number of fused-ring (bicyclic) bond motifs is 1. The van der Waals surface area contributed by atoms with Gasteiger partial charge in [-0.05, 0) is 13.8 Å². The van der Waals surface area contributed by atoms with E-state index in [2.05, 4.69) is 20.4 Å². The Bertz CT molecular complexity index is 466. The SMILES string of the molecule is Cc1noc2cnc(NC(C)CN)nc12. The van der Waals surface area contributed by atoms with Crippen LogP contribution in [0.15, 0.2) is 10.7 Å². The quantitative estimate of drug-likeness (QED) is 0.769. The highest BCUT2D eigenvalue weighted by Gasteiger charge is 2.08. The summed E-state index contributed by atoms with van der Waals surface area (Å²) in [6, 6.07) is 0.141. The molecule has 0 aromatic carbocycles. The van der Waals surface area contributed by atoms with Crippen LogP contribution in [0.4, 0.5) is 5.95 Å². The van der Waals surface area contributed by atoms with Gasteiger partial charge in [-0.1, -0.05) is 5.16 Å². The summed E-state index contributed by atoms with van der Waals surface area (Å²) < 4.78 is 5.01. The first-order chi connectivity index (χ1) is 7.20. The van der Waals surface area contributed by atoms with Crippen molar-refractivity contribution in [1.29, 1.82) is 0 Å². The van der Waals surface area contributed by atoms with Gasteiger partial charge in [0.1, 0.15) is 11.2 Å². The Hall–Kier alpha value is -1.69. The summed E-state index contributed by atoms with van der Waals surface area (Å²) in [6.45, 7) is 4.34. The van der Waals surface area contributed by atoms with Crippen molar-refractivity contribution >= 4 is 17.0 Å². The van der Waals surface area contributed by atoms with Gasteiger partial charge in [-0.25, -0.2) is 9.97 Å². The molecule has 2 heterocycles. The lowest BCUT2D eigenvalue weighted by atomic mass is 10.3. The molecule has 3 N–H and O–H groups in total. The molecule has 0 bridgehead atoms. The van der Waals surface area contributed by atoms with Crippen molar-refractivity contribution in [2.75, 3.05) is 11.9 Å². The highest BCUT2D eigenvalue weighted by molar-refractivity contribution is 5.74. The van der Waals surface area contributed by atoms with E-state index in [1.54, 1.807) is 6.20 Å². The second-order valence-electron chi connectivity index (χ2n) is 3.46. The lowest BCUT2D eigenvalue weighted by Gasteiger charge is -2.09. The van der Waals surface area contributed by atoms with E-state index in [1.165, 1.54) is 0 Å². The predicted molar refractivity (Wildman–Crippen MR) is 56.5 cm³/mol. The number of hydrogen-bond donors (Lipinski definition) is 2. The third-order valence-electron chi connectivity index (χ3n) is 2.11. The largest absolute Gasteiger partial charge is 0.353 e. The molecule has 6 nitrogen and oxygen atoms in total. The summed E-state index contributed by atoms with van der Waals surface area (Å²) in [5.41, 5.74) is 7.58. The number of hydrogen-bond acceptors (Lipinski definition) is 6. The number of aryl methyl sites for hydroxylation is 1. The molecule has 2 aromatic heterocycles. The maximum atomic E-state index is 5.49. The molecule has 0 saturated heterocycles. The molecule has 0 radical (unpaired) electrons. The third-order valence-corrected chi connectivity index (χ3v) is 2.11. The van der Waals surface area contributed by atoms with Gasteiger partial charge in [0.15, 0.2) is 0 Å². The van der Waals surface area contributed by atoms with Crippen molar-refractivity contribution in [2.45, 2.75) is 19.9 Å². The molecule has 0 saturated carbocycles. The summed E-state index contributed by atoms with van der Waals surface area (Å²) in [6.07, 6.45) is 1.61. The Kier molecular flexibility index (Phi) is 2.51. The normalized spacial score (nSPS) is 13.0. The van der Waals surface area contributed by atoms with Gasteiger partial charge in [0.05, 0.1) is 6.20 Å². The standard InChI is InChI=1S/C9H13N5O/c1-5(3-10)12-9-11-4-7-8(13-9)6(2)14-15-7/h4-5H,3,10H2,1-2H3,(H,11,12,13). The van der Waals surface area contributed by atoms with Crippen LogP contribution >= 0.6 is 0 Å². The van der Waals surface area contributed by atoms with Gasteiger partial charge >= 0.3 is 0 Å². The molecule has 2 aromatic rings. The van der Waals surface area contributed by atoms with Crippen LogP contribution in [-0.2, 0) is 0 Å². The zero-order valence-corrected chi connectivity index (χ0v) is 8.69. The van der Waals surface area contributed by atoms with Crippen LogP contribution in [0.1, 0.15) is 12.6 Å². The van der Waals surface area contributed by atoms with E-state index in [1.807, 2.05) is 13.8 Å². The number of nitrogens with one attached hydrogen (secondary N) is 1. The predicted octanol–water partition coefficient (Wildman–Crippen LogP) is 0.685. The summed E-state index contributed by atoms with van der Waals surface area (Å²) >= 11 is 0. The fraction of sp³-hybridized carbons (Fsp3) is 0.444. The fourth-order valence-corrected chi connectivity index (χ4v) is 1.21. The van der Waals surface area contributed by atoms with Gasteiger partial charge in [0, 0.05) is 12.6 Å². The summed E-state index contributed by atoms with van der Waals surface area (Å²) in [4.78, 5) is 8.39. The van der Waals surface area contributed by atoms with E-state index in [9.17, 15) is 0 Å². The van der Waals surface area contributed by atoms with Crippen LogP contribution in [0.5, 0.6) is 0 Å². The monoisotopic (exact) mass is 207 g/mol. The second-order valence-corrected chi connectivity index (χ2v) is 3.46. The van der Waals surface area contributed by atoms with E-state index in [4.69, 9.17) is 10.3 Å². The summed E-state index contributed by atoms with van der Waals surface area (Å²) in [5, 5.41) is 6.89. The highest BCUT2D eigenvalue weighted by atomic mass is 16.5. The first-order valence-corrected chi connectivity index (χ1v) is 4.76. The molecule has 80 valence electrons. The van der Waals surface area contributed by atoms with Gasteiger partial charge in [-0.3, -0.25) is 0 Å². The molecular weight excluding hydrogens is 194 g/mol. The number of aromatic nitrogens is 3. The lowest BCUT2D eigenvalue weighted by Crippen LogP contribution is -2.26. The molecule has 1 atom stereocenters. The van der Waals surface area contributed by atoms with Crippen LogP contribution in [0.3, 0.4) is 0 Å². The molecule has 0 spiro atoms. The van der Waals surface area contributed by atoms with Crippen molar-refractivity contribution in [2.24, 2.45) is 5.73 Å². The topological polar surface area (TPSA) is 89.9 Å². The minimum Gasteiger partial charge on any atom is -0.353 e. The zero-order valence-electron chi connectivity index (χ0n) is 8.69. The highest BCUT2D eigenvalue weighted by Crippen LogP contribution is 2.15. The minimum absolute atomic E-state index is 0.141. The van der Waals surface area contributed by atoms with Crippen LogP contribution in [0, 0.1) is 6.92 Å². The van der Waals surface area contributed by atoms with Crippen molar-refractivity contribution < 1.29 is 4.52 Å². The number of nitrogens with zero attached hydrogens (tertiary/aromatic N) is 3. The van der Waals surface area contributed by atoms with Gasteiger partial charge in [0.25, 0.3) is 0 Å². The third kappa shape index (κ3) is 1.89. The molecule has 6 heteroatoms. The smallest absolute Gasteiger partial charge is 0.223 e. The zero-order chi connectivity index (χ0) is 10.8. The number of rotatable bonds is 3. The first kappa shape index (κ1) is 9.85. The van der Waals surface area contributed by atoms with E-state index in [0.717, 1.165) is 11.2 Å². The maximum absolute atomic E-state index is 5.49. The van der Waals surface area contributed by atoms with Crippen molar-refractivity contribution in [3.05, 3.63) is 11.9 Å². The maximum Gasteiger partial charge on any atom is 0.223 e. The van der Waals surface area contributed by atoms with Crippen LogP contribution < -0.4 is 11.1 Å². The van der Waals surface area contributed by atoms with Gasteiger partial charge < -0.3 is 15.6 Å². The summed E-state index contributed by atoms with van der Waals surface area (Å²) in [5.74, 6) is 0.548. The van der Waals surface area contributed by atoms with Gasteiger partial charge in [-0.2, -0.15) is 0 Å². The number of nitrogens with two attached hydrogens (primary N) is 1. The molecule has 0 aliphatic rings. The summed E-state index contributed by atoms with van der Waals surface area (Å²) in [7, 11) is 0. The minimum atomic E-state index is 0.141. The Labute approximate surface area is 86.9 Å². The van der Waals surface area contributed by atoms with E-state index < -0.39 is 0 Å². The average Bonchev–Trinajstić information content (AvgIpc) is 2.60. The van der Waals surface area contributed by atoms with Crippen molar-refractivity contribution in [3.63, 3.8) is 0 Å². The van der Waals surface area contributed by atoms with Crippen LogP contribution in [0.25, 0.3) is 11.1 Å². The molecule has 1 unspecified atom stereocenters. The number of anilines is 1. The fourth-order valence-electron chi connectivity index (χ4n) is 1.21. The van der Waals surface area contributed by atoms with E-state index >= 15 is 0 Å². The first-order valence-electron chi connectivity index (χ1n) is 4.76.